The Hall–Kier alpha value is -2.92. The average Bonchev–Trinajstić information content (AvgIpc) is 2.73. The molecule has 150 valence electrons. The van der Waals surface area contributed by atoms with E-state index >= 15 is 0 Å². The van der Waals surface area contributed by atoms with E-state index in [1.54, 1.807) is 17.0 Å². The van der Waals surface area contributed by atoms with Crippen LogP contribution in [0.2, 0.25) is 0 Å². The molecule has 3 aromatic rings. The van der Waals surface area contributed by atoms with Crippen molar-refractivity contribution in [3.63, 3.8) is 0 Å². The highest BCUT2D eigenvalue weighted by atomic mass is 32.2. The van der Waals surface area contributed by atoms with Crippen LogP contribution in [0.1, 0.15) is 23.1 Å². The van der Waals surface area contributed by atoms with Gasteiger partial charge in [-0.25, -0.2) is 8.42 Å². The van der Waals surface area contributed by atoms with Crippen molar-refractivity contribution in [2.24, 2.45) is 0 Å². The number of benzene rings is 3. The van der Waals surface area contributed by atoms with Crippen molar-refractivity contribution < 1.29 is 13.2 Å². The van der Waals surface area contributed by atoms with E-state index in [2.05, 4.69) is 0 Å². The van der Waals surface area contributed by atoms with E-state index in [1.807, 2.05) is 78.9 Å². The van der Waals surface area contributed by atoms with Crippen LogP contribution in [0.5, 0.6) is 0 Å². The second-order valence-electron chi connectivity index (χ2n) is 7.05. The SMILES string of the molecule is O=C(CCS(=O)(=O)Cc1ccccc1)N(Cc1ccccc1)Cc1ccccc1. The molecule has 0 radical (unpaired) electrons. The van der Waals surface area contributed by atoms with Crippen LogP contribution in [0.3, 0.4) is 0 Å². The summed E-state index contributed by atoms with van der Waals surface area (Å²) in [5.74, 6) is -0.353. The highest BCUT2D eigenvalue weighted by Gasteiger charge is 2.19. The molecule has 0 aliphatic heterocycles. The van der Waals surface area contributed by atoms with Gasteiger partial charge >= 0.3 is 0 Å². The molecule has 0 atom stereocenters. The smallest absolute Gasteiger partial charge is 0.224 e. The van der Waals surface area contributed by atoms with Crippen molar-refractivity contribution in [3.05, 3.63) is 108 Å². The Kier molecular flexibility index (Phi) is 7.19. The van der Waals surface area contributed by atoms with Gasteiger partial charge in [-0.15, -0.1) is 0 Å². The Bertz CT molecular complexity index is 962. The Labute approximate surface area is 172 Å². The van der Waals surface area contributed by atoms with Crippen LogP contribution in [0.15, 0.2) is 91.0 Å². The van der Waals surface area contributed by atoms with Gasteiger partial charge in [0.1, 0.15) is 0 Å². The van der Waals surface area contributed by atoms with E-state index in [-0.39, 0.29) is 23.8 Å². The Morgan fingerprint density at radius 2 is 1.07 bits per heavy atom. The number of rotatable bonds is 9. The molecule has 1 amide bonds. The van der Waals surface area contributed by atoms with Crippen LogP contribution in [0.4, 0.5) is 0 Å². The number of hydrogen-bond donors (Lipinski definition) is 0. The third kappa shape index (κ3) is 6.88. The summed E-state index contributed by atoms with van der Waals surface area (Å²) in [5, 5.41) is 0. The molecule has 0 aliphatic carbocycles. The lowest BCUT2D eigenvalue weighted by Crippen LogP contribution is -2.31. The lowest BCUT2D eigenvalue weighted by atomic mass is 10.1. The summed E-state index contributed by atoms with van der Waals surface area (Å²) >= 11 is 0. The van der Waals surface area contributed by atoms with Gasteiger partial charge < -0.3 is 4.90 Å². The topological polar surface area (TPSA) is 54.5 Å². The zero-order valence-electron chi connectivity index (χ0n) is 16.3. The van der Waals surface area contributed by atoms with Gasteiger partial charge in [-0.3, -0.25) is 4.79 Å². The Morgan fingerprint density at radius 1 is 0.655 bits per heavy atom. The van der Waals surface area contributed by atoms with Crippen molar-refractivity contribution in [3.8, 4) is 0 Å². The van der Waals surface area contributed by atoms with Crippen molar-refractivity contribution in [1.82, 2.24) is 4.90 Å². The first-order valence-electron chi connectivity index (χ1n) is 9.62. The summed E-state index contributed by atoms with van der Waals surface area (Å²) in [6, 6.07) is 28.5. The monoisotopic (exact) mass is 407 g/mol. The molecule has 5 heteroatoms. The zero-order valence-corrected chi connectivity index (χ0v) is 17.1. The molecule has 0 spiro atoms. The van der Waals surface area contributed by atoms with Gasteiger partial charge in [-0.1, -0.05) is 91.0 Å². The first-order chi connectivity index (χ1) is 14.0. The lowest BCUT2D eigenvalue weighted by Gasteiger charge is -2.23. The van der Waals surface area contributed by atoms with Gasteiger partial charge in [-0.05, 0) is 16.7 Å². The second-order valence-corrected chi connectivity index (χ2v) is 9.23. The first kappa shape index (κ1) is 20.8. The van der Waals surface area contributed by atoms with E-state index < -0.39 is 9.84 Å². The number of carbonyl (C=O) groups excluding carboxylic acids is 1. The Morgan fingerprint density at radius 3 is 1.52 bits per heavy atom. The molecular formula is C24H25NO3S. The van der Waals surface area contributed by atoms with Gasteiger partial charge in [0.05, 0.1) is 11.5 Å². The number of hydrogen-bond acceptors (Lipinski definition) is 3. The number of nitrogens with zero attached hydrogens (tertiary/aromatic N) is 1. The van der Waals surface area contributed by atoms with E-state index in [0.29, 0.717) is 13.1 Å². The summed E-state index contributed by atoms with van der Waals surface area (Å²) in [6.07, 6.45) is -0.0190. The molecule has 3 aromatic carbocycles. The molecular weight excluding hydrogens is 382 g/mol. The van der Waals surface area contributed by atoms with Crippen molar-refractivity contribution in [2.45, 2.75) is 25.3 Å². The van der Waals surface area contributed by atoms with Crippen molar-refractivity contribution >= 4 is 15.7 Å². The van der Waals surface area contributed by atoms with Crippen molar-refractivity contribution in [2.75, 3.05) is 5.75 Å². The normalized spacial score (nSPS) is 11.2. The molecule has 0 saturated heterocycles. The molecule has 0 aliphatic rings. The summed E-state index contributed by atoms with van der Waals surface area (Å²) in [5.41, 5.74) is 2.78. The quantitative estimate of drug-likeness (QED) is 0.534. The predicted octanol–water partition coefficient (Wildman–Crippen LogP) is 4.22. The van der Waals surface area contributed by atoms with E-state index in [4.69, 9.17) is 0 Å². The third-order valence-electron chi connectivity index (χ3n) is 4.64. The van der Waals surface area contributed by atoms with E-state index in [1.165, 1.54) is 0 Å². The largest absolute Gasteiger partial charge is 0.334 e. The summed E-state index contributed by atoms with van der Waals surface area (Å²) < 4.78 is 24.9. The minimum absolute atomic E-state index is 0.0190. The van der Waals surface area contributed by atoms with Crippen LogP contribution in [0, 0.1) is 0 Å². The van der Waals surface area contributed by atoms with Crippen LogP contribution in [-0.4, -0.2) is 25.0 Å². The predicted molar refractivity (Wildman–Crippen MR) is 116 cm³/mol. The summed E-state index contributed by atoms with van der Waals surface area (Å²) in [7, 11) is -3.36. The number of amides is 1. The fourth-order valence-electron chi connectivity index (χ4n) is 3.14. The van der Waals surface area contributed by atoms with Crippen molar-refractivity contribution in [1.29, 1.82) is 0 Å². The van der Waals surface area contributed by atoms with Crippen LogP contribution < -0.4 is 0 Å². The molecule has 0 N–H and O–H groups in total. The summed E-state index contributed by atoms with van der Waals surface area (Å²) in [6.45, 7) is 0.903. The van der Waals surface area contributed by atoms with Gasteiger partial charge in [-0.2, -0.15) is 0 Å². The number of carbonyl (C=O) groups is 1. The minimum Gasteiger partial charge on any atom is -0.334 e. The zero-order chi connectivity index (χ0) is 20.5. The fraction of sp³-hybridized carbons (Fsp3) is 0.208. The van der Waals surface area contributed by atoms with Gasteiger partial charge in [0.25, 0.3) is 0 Å². The second kappa shape index (κ2) is 10.0. The lowest BCUT2D eigenvalue weighted by molar-refractivity contribution is -0.132. The number of sulfone groups is 1. The molecule has 0 fully saturated rings. The highest BCUT2D eigenvalue weighted by molar-refractivity contribution is 7.90. The van der Waals surface area contributed by atoms with Gasteiger partial charge in [0.15, 0.2) is 9.84 Å². The molecule has 29 heavy (non-hydrogen) atoms. The highest BCUT2D eigenvalue weighted by Crippen LogP contribution is 2.13. The van der Waals surface area contributed by atoms with Crippen LogP contribution in [0.25, 0.3) is 0 Å². The molecule has 0 unspecified atom stereocenters. The Balaban J connectivity index is 1.67. The van der Waals surface area contributed by atoms with Gasteiger partial charge in [0.2, 0.25) is 5.91 Å². The summed E-state index contributed by atoms with van der Waals surface area (Å²) in [4.78, 5) is 14.6. The fourth-order valence-corrected chi connectivity index (χ4v) is 4.47. The standard InChI is InChI=1S/C24H25NO3S/c26-24(16-17-29(27,28)20-23-14-8-3-9-15-23)25(18-21-10-4-1-5-11-21)19-22-12-6-2-7-13-22/h1-15H,16-20H2. The molecule has 0 aromatic heterocycles. The molecule has 0 bridgehead atoms. The molecule has 0 heterocycles. The van der Waals surface area contributed by atoms with E-state index in [0.717, 1.165) is 16.7 Å². The van der Waals surface area contributed by atoms with E-state index in [9.17, 15) is 13.2 Å². The average molecular weight is 408 g/mol. The maximum Gasteiger partial charge on any atom is 0.224 e. The molecule has 0 saturated carbocycles. The maximum absolute atomic E-state index is 12.9. The van der Waals surface area contributed by atoms with Crippen LogP contribution >= 0.6 is 0 Å². The van der Waals surface area contributed by atoms with Gasteiger partial charge in [0, 0.05) is 19.5 Å². The minimum atomic E-state index is -3.36. The first-order valence-corrected chi connectivity index (χ1v) is 11.4. The van der Waals surface area contributed by atoms with Crippen LogP contribution in [-0.2, 0) is 33.5 Å². The maximum atomic E-state index is 12.9. The third-order valence-corrected chi connectivity index (χ3v) is 6.24. The molecule has 4 nitrogen and oxygen atoms in total. The molecule has 3 rings (SSSR count).